The molecule has 0 aliphatic rings. The highest BCUT2D eigenvalue weighted by Gasteiger charge is 2.12. The predicted molar refractivity (Wildman–Crippen MR) is 70.8 cm³/mol. The van der Waals surface area contributed by atoms with Crippen LogP contribution in [0, 0.1) is 0 Å². The molecule has 3 nitrogen and oxygen atoms in total. The Labute approximate surface area is 108 Å². The van der Waals surface area contributed by atoms with Crippen LogP contribution < -0.4 is 5.32 Å². The third-order valence-electron chi connectivity index (χ3n) is 2.54. The van der Waals surface area contributed by atoms with Crippen LogP contribution in [0.15, 0.2) is 47.1 Å². The number of carbonyl (C=O) groups excluding carboxylic acids is 1. The fourth-order valence-corrected chi connectivity index (χ4v) is 1.94. The molecule has 17 heavy (non-hydrogen) atoms. The van der Waals surface area contributed by atoms with Crippen LogP contribution in [0.1, 0.15) is 29.0 Å². The SMILES string of the molecule is CC(NC(=O)c1cc(Br)c[nH]1)c1ccccc1. The molecule has 1 unspecified atom stereocenters. The van der Waals surface area contributed by atoms with Crippen LogP contribution in [-0.2, 0) is 0 Å². The largest absolute Gasteiger partial charge is 0.356 e. The summed E-state index contributed by atoms with van der Waals surface area (Å²) in [5, 5.41) is 2.93. The maximum Gasteiger partial charge on any atom is 0.268 e. The van der Waals surface area contributed by atoms with Gasteiger partial charge in [-0.15, -0.1) is 0 Å². The van der Waals surface area contributed by atoms with Crippen molar-refractivity contribution < 1.29 is 4.79 Å². The molecule has 0 spiro atoms. The van der Waals surface area contributed by atoms with Crippen LogP contribution in [-0.4, -0.2) is 10.9 Å². The Morgan fingerprint density at radius 3 is 2.65 bits per heavy atom. The number of nitrogens with one attached hydrogen (secondary N) is 2. The standard InChI is InChI=1S/C13H13BrN2O/c1-9(10-5-3-2-4-6-10)16-13(17)12-7-11(14)8-15-12/h2-9,15H,1H3,(H,16,17). The molecule has 1 atom stereocenters. The molecule has 1 aromatic heterocycles. The monoisotopic (exact) mass is 292 g/mol. The van der Waals surface area contributed by atoms with Crippen molar-refractivity contribution in [1.29, 1.82) is 0 Å². The summed E-state index contributed by atoms with van der Waals surface area (Å²) in [6.07, 6.45) is 1.74. The minimum atomic E-state index is -0.105. The Kier molecular flexibility index (Phi) is 3.64. The van der Waals surface area contributed by atoms with E-state index in [1.165, 1.54) is 0 Å². The van der Waals surface area contributed by atoms with Crippen molar-refractivity contribution in [3.63, 3.8) is 0 Å². The molecule has 2 rings (SSSR count). The van der Waals surface area contributed by atoms with E-state index >= 15 is 0 Å². The summed E-state index contributed by atoms with van der Waals surface area (Å²) >= 11 is 3.30. The van der Waals surface area contributed by atoms with E-state index in [9.17, 15) is 4.79 Å². The third-order valence-corrected chi connectivity index (χ3v) is 3.00. The first-order valence-electron chi connectivity index (χ1n) is 5.36. The van der Waals surface area contributed by atoms with Gasteiger partial charge in [0.15, 0.2) is 0 Å². The van der Waals surface area contributed by atoms with E-state index in [-0.39, 0.29) is 11.9 Å². The van der Waals surface area contributed by atoms with Gasteiger partial charge in [0.1, 0.15) is 5.69 Å². The average molecular weight is 293 g/mol. The van der Waals surface area contributed by atoms with Gasteiger partial charge in [-0.25, -0.2) is 0 Å². The number of hydrogen-bond donors (Lipinski definition) is 2. The molecule has 0 bridgehead atoms. The normalized spacial score (nSPS) is 12.1. The van der Waals surface area contributed by atoms with Gasteiger partial charge in [0, 0.05) is 10.7 Å². The van der Waals surface area contributed by atoms with Gasteiger partial charge < -0.3 is 10.3 Å². The number of rotatable bonds is 3. The molecule has 1 heterocycles. The van der Waals surface area contributed by atoms with Crippen LogP contribution >= 0.6 is 15.9 Å². The molecule has 88 valence electrons. The zero-order chi connectivity index (χ0) is 12.3. The lowest BCUT2D eigenvalue weighted by atomic mass is 10.1. The molecular weight excluding hydrogens is 280 g/mol. The minimum absolute atomic E-state index is 0.00854. The lowest BCUT2D eigenvalue weighted by molar-refractivity contribution is 0.0935. The fraction of sp³-hybridized carbons (Fsp3) is 0.154. The predicted octanol–water partition coefficient (Wildman–Crippen LogP) is 3.27. The number of H-pyrrole nitrogens is 1. The molecule has 4 heteroatoms. The van der Waals surface area contributed by atoms with E-state index in [1.54, 1.807) is 12.3 Å². The van der Waals surface area contributed by atoms with Gasteiger partial charge in [0.25, 0.3) is 5.91 Å². The van der Waals surface area contributed by atoms with E-state index in [0.717, 1.165) is 10.0 Å². The summed E-state index contributed by atoms with van der Waals surface area (Å²) in [7, 11) is 0. The van der Waals surface area contributed by atoms with Crippen molar-refractivity contribution in [2.75, 3.05) is 0 Å². The first-order chi connectivity index (χ1) is 8.16. The molecule has 1 amide bonds. The molecule has 2 N–H and O–H groups in total. The summed E-state index contributed by atoms with van der Waals surface area (Å²) < 4.78 is 0.870. The summed E-state index contributed by atoms with van der Waals surface area (Å²) in [4.78, 5) is 14.8. The second kappa shape index (κ2) is 5.19. The van der Waals surface area contributed by atoms with E-state index in [2.05, 4.69) is 26.2 Å². The Morgan fingerprint density at radius 1 is 1.35 bits per heavy atom. The summed E-state index contributed by atoms with van der Waals surface area (Å²) in [6, 6.07) is 11.6. The van der Waals surface area contributed by atoms with E-state index in [4.69, 9.17) is 0 Å². The number of aromatic nitrogens is 1. The number of aromatic amines is 1. The average Bonchev–Trinajstić information content (AvgIpc) is 2.77. The van der Waals surface area contributed by atoms with Gasteiger partial charge in [-0.3, -0.25) is 4.79 Å². The molecule has 0 saturated heterocycles. The minimum Gasteiger partial charge on any atom is -0.356 e. The van der Waals surface area contributed by atoms with Crippen molar-refractivity contribution >= 4 is 21.8 Å². The highest BCUT2D eigenvalue weighted by molar-refractivity contribution is 9.10. The maximum atomic E-state index is 11.9. The van der Waals surface area contributed by atoms with Crippen LogP contribution in [0.2, 0.25) is 0 Å². The van der Waals surface area contributed by atoms with Crippen molar-refractivity contribution in [3.05, 3.63) is 58.3 Å². The van der Waals surface area contributed by atoms with E-state index < -0.39 is 0 Å². The van der Waals surface area contributed by atoms with Crippen molar-refractivity contribution in [3.8, 4) is 0 Å². The Balaban J connectivity index is 2.04. The molecule has 0 saturated carbocycles. The number of amides is 1. The molecule has 0 radical (unpaired) electrons. The van der Waals surface area contributed by atoms with Crippen LogP contribution in [0.25, 0.3) is 0 Å². The number of hydrogen-bond acceptors (Lipinski definition) is 1. The summed E-state index contributed by atoms with van der Waals surface area (Å²) in [5.74, 6) is -0.105. The quantitative estimate of drug-likeness (QED) is 0.896. The van der Waals surface area contributed by atoms with Gasteiger partial charge in [0.2, 0.25) is 0 Å². The molecule has 0 aliphatic heterocycles. The zero-order valence-corrected chi connectivity index (χ0v) is 11.0. The Hall–Kier alpha value is -1.55. The molecular formula is C13H13BrN2O. The number of benzene rings is 1. The third kappa shape index (κ3) is 2.97. The van der Waals surface area contributed by atoms with Gasteiger partial charge in [-0.1, -0.05) is 30.3 Å². The highest BCUT2D eigenvalue weighted by Crippen LogP contribution is 2.14. The second-order valence-electron chi connectivity index (χ2n) is 3.84. The lowest BCUT2D eigenvalue weighted by Crippen LogP contribution is -2.26. The van der Waals surface area contributed by atoms with E-state index in [1.807, 2.05) is 37.3 Å². The van der Waals surface area contributed by atoms with Crippen molar-refractivity contribution in [2.24, 2.45) is 0 Å². The van der Waals surface area contributed by atoms with E-state index in [0.29, 0.717) is 5.69 Å². The molecule has 1 aromatic carbocycles. The number of halogens is 1. The summed E-state index contributed by atoms with van der Waals surface area (Å²) in [6.45, 7) is 1.96. The van der Waals surface area contributed by atoms with Crippen LogP contribution in [0.3, 0.4) is 0 Å². The summed E-state index contributed by atoms with van der Waals surface area (Å²) in [5.41, 5.74) is 1.64. The van der Waals surface area contributed by atoms with Crippen LogP contribution in [0.5, 0.6) is 0 Å². The first-order valence-corrected chi connectivity index (χ1v) is 6.16. The smallest absolute Gasteiger partial charge is 0.268 e. The van der Waals surface area contributed by atoms with Crippen molar-refractivity contribution in [2.45, 2.75) is 13.0 Å². The zero-order valence-electron chi connectivity index (χ0n) is 9.41. The first kappa shape index (κ1) is 11.9. The van der Waals surface area contributed by atoms with Gasteiger partial charge >= 0.3 is 0 Å². The fourth-order valence-electron chi connectivity index (χ4n) is 1.60. The Bertz CT molecular complexity index is 507. The second-order valence-corrected chi connectivity index (χ2v) is 4.75. The van der Waals surface area contributed by atoms with Gasteiger partial charge in [-0.05, 0) is 34.5 Å². The topological polar surface area (TPSA) is 44.9 Å². The highest BCUT2D eigenvalue weighted by atomic mass is 79.9. The Morgan fingerprint density at radius 2 is 2.06 bits per heavy atom. The molecule has 0 aliphatic carbocycles. The maximum absolute atomic E-state index is 11.9. The molecule has 2 aromatic rings. The lowest BCUT2D eigenvalue weighted by Gasteiger charge is -2.13. The number of carbonyl (C=O) groups is 1. The van der Waals surface area contributed by atoms with Crippen molar-refractivity contribution in [1.82, 2.24) is 10.3 Å². The van der Waals surface area contributed by atoms with Gasteiger partial charge in [-0.2, -0.15) is 0 Å². The van der Waals surface area contributed by atoms with Crippen LogP contribution in [0.4, 0.5) is 0 Å². The van der Waals surface area contributed by atoms with Gasteiger partial charge in [0.05, 0.1) is 6.04 Å². The molecule has 0 fully saturated rings.